The van der Waals surface area contributed by atoms with Gasteiger partial charge >= 0.3 is 5.97 Å². The van der Waals surface area contributed by atoms with Crippen molar-refractivity contribution >= 4 is 11.8 Å². The summed E-state index contributed by atoms with van der Waals surface area (Å²) in [5, 5.41) is 7.73. The van der Waals surface area contributed by atoms with E-state index in [1.807, 2.05) is 55.6 Å². The monoisotopic (exact) mass is 439 g/mol. The van der Waals surface area contributed by atoms with Gasteiger partial charge in [-0.2, -0.15) is 5.10 Å². The lowest BCUT2D eigenvalue weighted by Gasteiger charge is -2.19. The molecule has 0 amide bonds. The maximum Gasteiger partial charge on any atom is 0.319 e. The van der Waals surface area contributed by atoms with Crippen LogP contribution in [0.2, 0.25) is 0 Å². The van der Waals surface area contributed by atoms with E-state index in [4.69, 9.17) is 14.3 Å². The zero-order valence-electron chi connectivity index (χ0n) is 18.6. The maximum atomic E-state index is 11.8. The van der Waals surface area contributed by atoms with Gasteiger partial charge in [-0.25, -0.2) is 10.5 Å². The Kier molecular flexibility index (Phi) is 8.59. The molecule has 170 valence electrons. The third kappa shape index (κ3) is 6.79. The Hall–Kier alpha value is -3.43. The number of carbonyl (C=O) groups is 1. The van der Waals surface area contributed by atoms with Crippen LogP contribution in [0.25, 0.3) is 11.3 Å². The van der Waals surface area contributed by atoms with Crippen molar-refractivity contribution in [3.8, 4) is 17.1 Å². The molecule has 2 heterocycles. The van der Waals surface area contributed by atoms with E-state index in [0.717, 1.165) is 16.8 Å². The molecule has 9 nitrogen and oxygen atoms in total. The van der Waals surface area contributed by atoms with E-state index < -0.39 is 0 Å². The smallest absolute Gasteiger partial charge is 0.319 e. The number of hydrogen-bond donors (Lipinski definition) is 2. The third-order valence-electron chi connectivity index (χ3n) is 4.75. The molecule has 1 atom stereocenters. The molecule has 0 saturated heterocycles. The van der Waals surface area contributed by atoms with Crippen LogP contribution in [0.1, 0.15) is 12.5 Å². The summed E-state index contributed by atoms with van der Waals surface area (Å²) in [6.07, 6.45) is 2.38. The minimum Gasteiger partial charge on any atom is -0.481 e. The van der Waals surface area contributed by atoms with Crippen molar-refractivity contribution in [2.75, 3.05) is 32.3 Å². The summed E-state index contributed by atoms with van der Waals surface area (Å²) in [7, 11) is 3.40. The number of carbonyl (C=O) groups excluding carboxylic acids is 1. The molecule has 3 aromatic rings. The number of pyridine rings is 1. The predicted octanol–water partition coefficient (Wildman–Crippen LogP) is 2.60. The predicted molar refractivity (Wildman–Crippen MR) is 121 cm³/mol. The Morgan fingerprint density at radius 3 is 2.75 bits per heavy atom. The lowest BCUT2D eigenvalue weighted by molar-refractivity contribution is -0.142. The SMILES string of the molecule is CCOC(=O)CN[C@H](CONc1cc(-c2ccnc(OC)c2)nn1C)Cc1ccccc1. The van der Waals surface area contributed by atoms with Gasteiger partial charge in [0.05, 0.1) is 32.6 Å². The van der Waals surface area contributed by atoms with Gasteiger partial charge in [0.15, 0.2) is 0 Å². The fourth-order valence-corrected chi connectivity index (χ4v) is 3.13. The number of methoxy groups -OCH3 is 1. The van der Waals surface area contributed by atoms with E-state index in [9.17, 15) is 4.79 Å². The molecule has 1 aromatic carbocycles. The fourth-order valence-electron chi connectivity index (χ4n) is 3.13. The minimum absolute atomic E-state index is 0.0912. The van der Waals surface area contributed by atoms with Crippen molar-refractivity contribution in [1.82, 2.24) is 20.1 Å². The molecule has 0 radical (unpaired) electrons. The van der Waals surface area contributed by atoms with Crippen molar-refractivity contribution in [2.24, 2.45) is 7.05 Å². The van der Waals surface area contributed by atoms with Gasteiger partial charge in [-0.3, -0.25) is 14.3 Å². The summed E-state index contributed by atoms with van der Waals surface area (Å²) in [5.74, 6) is 0.928. The van der Waals surface area contributed by atoms with Crippen LogP contribution in [-0.2, 0) is 27.8 Å². The van der Waals surface area contributed by atoms with E-state index in [2.05, 4.69) is 20.9 Å². The topological polar surface area (TPSA) is 99.5 Å². The first kappa shape index (κ1) is 23.2. The number of hydrogen-bond acceptors (Lipinski definition) is 8. The van der Waals surface area contributed by atoms with E-state index in [1.165, 1.54) is 0 Å². The lowest BCUT2D eigenvalue weighted by Crippen LogP contribution is -2.39. The average Bonchev–Trinajstić information content (AvgIpc) is 3.18. The normalized spacial score (nSPS) is 11.7. The Morgan fingerprint density at radius 1 is 1.19 bits per heavy atom. The number of benzene rings is 1. The summed E-state index contributed by atoms with van der Waals surface area (Å²) >= 11 is 0. The standard InChI is InChI=1S/C23H29N5O4/c1-4-31-23(29)15-25-19(12-17-8-6-5-7-9-17)16-32-27-21-14-20(26-28(21)2)18-10-11-24-22(13-18)30-3/h5-11,13-14,19,25,27H,4,12,15-16H2,1-3H3/t19-/m0/s1. The van der Waals surface area contributed by atoms with Crippen LogP contribution in [0.4, 0.5) is 5.82 Å². The zero-order chi connectivity index (χ0) is 22.8. The number of esters is 1. The molecule has 0 fully saturated rings. The van der Waals surface area contributed by atoms with Crippen LogP contribution in [-0.4, -0.2) is 53.6 Å². The van der Waals surface area contributed by atoms with Gasteiger partial charge in [0, 0.05) is 37.0 Å². The molecule has 0 spiro atoms. The molecule has 32 heavy (non-hydrogen) atoms. The number of aryl methyl sites for hydroxylation is 1. The van der Waals surface area contributed by atoms with E-state index in [0.29, 0.717) is 31.3 Å². The van der Waals surface area contributed by atoms with Gasteiger partial charge in [0.2, 0.25) is 5.88 Å². The molecule has 9 heteroatoms. The van der Waals surface area contributed by atoms with Gasteiger partial charge in [0.1, 0.15) is 5.82 Å². The van der Waals surface area contributed by atoms with Gasteiger partial charge in [-0.1, -0.05) is 30.3 Å². The largest absolute Gasteiger partial charge is 0.481 e. The van der Waals surface area contributed by atoms with Crippen molar-refractivity contribution in [3.63, 3.8) is 0 Å². The second kappa shape index (κ2) is 11.8. The van der Waals surface area contributed by atoms with Crippen molar-refractivity contribution in [3.05, 3.63) is 60.3 Å². The van der Waals surface area contributed by atoms with Crippen LogP contribution in [0.3, 0.4) is 0 Å². The van der Waals surface area contributed by atoms with Crippen molar-refractivity contribution < 1.29 is 19.1 Å². The first-order valence-corrected chi connectivity index (χ1v) is 10.4. The van der Waals surface area contributed by atoms with Crippen LogP contribution in [0, 0.1) is 0 Å². The third-order valence-corrected chi connectivity index (χ3v) is 4.75. The number of anilines is 1. The first-order chi connectivity index (χ1) is 15.6. The van der Waals surface area contributed by atoms with Gasteiger partial charge < -0.3 is 14.8 Å². The molecule has 2 N–H and O–H groups in total. The van der Waals surface area contributed by atoms with E-state index in [-0.39, 0.29) is 18.6 Å². The summed E-state index contributed by atoms with van der Waals surface area (Å²) in [5.41, 5.74) is 5.76. The molecular weight excluding hydrogens is 410 g/mol. The van der Waals surface area contributed by atoms with Gasteiger partial charge in [0.25, 0.3) is 0 Å². The molecule has 2 aromatic heterocycles. The second-order valence-corrected chi connectivity index (χ2v) is 7.11. The summed E-state index contributed by atoms with van der Waals surface area (Å²) in [4.78, 5) is 21.6. The van der Waals surface area contributed by atoms with Crippen LogP contribution >= 0.6 is 0 Å². The first-order valence-electron chi connectivity index (χ1n) is 10.4. The highest BCUT2D eigenvalue weighted by molar-refractivity contribution is 5.71. The Bertz CT molecular complexity index is 993. The highest BCUT2D eigenvalue weighted by Crippen LogP contribution is 2.23. The summed E-state index contributed by atoms with van der Waals surface area (Å²) < 4.78 is 11.9. The Balaban J connectivity index is 1.60. The number of nitrogens with zero attached hydrogens (tertiary/aromatic N) is 3. The quantitative estimate of drug-likeness (QED) is 0.328. The molecule has 0 aliphatic carbocycles. The Morgan fingerprint density at radius 2 is 2.00 bits per heavy atom. The van der Waals surface area contributed by atoms with Gasteiger partial charge in [-0.05, 0) is 25.0 Å². The second-order valence-electron chi connectivity index (χ2n) is 7.11. The zero-order valence-corrected chi connectivity index (χ0v) is 18.6. The van der Waals surface area contributed by atoms with Gasteiger partial charge in [-0.15, -0.1) is 0 Å². The molecule has 3 rings (SSSR count). The van der Waals surface area contributed by atoms with Crippen molar-refractivity contribution in [2.45, 2.75) is 19.4 Å². The molecule has 0 unspecified atom stereocenters. The molecule has 0 saturated carbocycles. The maximum absolute atomic E-state index is 11.8. The number of nitrogens with one attached hydrogen (secondary N) is 2. The number of aromatic nitrogens is 3. The summed E-state index contributed by atoms with van der Waals surface area (Å²) in [6.45, 7) is 2.59. The van der Waals surface area contributed by atoms with Crippen LogP contribution < -0.4 is 15.5 Å². The van der Waals surface area contributed by atoms with E-state index in [1.54, 1.807) is 24.9 Å². The molecule has 0 bridgehead atoms. The fraction of sp³-hybridized carbons (Fsp3) is 0.348. The lowest BCUT2D eigenvalue weighted by atomic mass is 10.1. The highest BCUT2D eigenvalue weighted by Gasteiger charge is 2.14. The van der Waals surface area contributed by atoms with Crippen LogP contribution in [0.5, 0.6) is 5.88 Å². The van der Waals surface area contributed by atoms with E-state index >= 15 is 0 Å². The van der Waals surface area contributed by atoms with Crippen LogP contribution in [0.15, 0.2) is 54.7 Å². The summed E-state index contributed by atoms with van der Waals surface area (Å²) in [6, 6.07) is 15.5. The van der Waals surface area contributed by atoms with Crippen molar-refractivity contribution in [1.29, 1.82) is 0 Å². The minimum atomic E-state index is -0.289. The molecule has 0 aliphatic heterocycles. The number of rotatable bonds is 12. The number of ether oxygens (including phenoxy) is 2. The molecular formula is C23H29N5O4. The molecule has 0 aliphatic rings. The average molecular weight is 440 g/mol. The Labute approximate surface area is 187 Å². The highest BCUT2D eigenvalue weighted by atomic mass is 16.6.